The molecule has 4 nitrogen and oxygen atoms in total. The van der Waals surface area contributed by atoms with Crippen LogP contribution in [0.25, 0.3) is 10.8 Å². The zero-order valence-electron chi connectivity index (χ0n) is 10.8. The van der Waals surface area contributed by atoms with Crippen molar-refractivity contribution in [3.8, 4) is 0 Å². The van der Waals surface area contributed by atoms with Gasteiger partial charge in [0.25, 0.3) is 0 Å². The summed E-state index contributed by atoms with van der Waals surface area (Å²) in [4.78, 5) is 11.1. The molecule has 1 aliphatic heterocycles. The second-order valence-corrected chi connectivity index (χ2v) is 6.54. The summed E-state index contributed by atoms with van der Waals surface area (Å²) >= 11 is 0. The van der Waals surface area contributed by atoms with E-state index >= 15 is 0 Å². The zero-order chi connectivity index (χ0) is 14.1. The van der Waals surface area contributed by atoms with E-state index in [0.717, 1.165) is 16.3 Å². The maximum atomic E-state index is 11.8. The summed E-state index contributed by atoms with van der Waals surface area (Å²) in [5.41, 5.74) is 0.989. The predicted molar refractivity (Wildman–Crippen MR) is 79.1 cm³/mol. The summed E-state index contributed by atoms with van der Waals surface area (Å²) in [5, 5.41) is 14.4. The minimum absolute atomic E-state index is 0.171. The summed E-state index contributed by atoms with van der Waals surface area (Å²) in [7, 11) is -1.10. The van der Waals surface area contributed by atoms with Crippen molar-refractivity contribution in [1.82, 2.24) is 5.32 Å². The summed E-state index contributed by atoms with van der Waals surface area (Å²) in [6, 6.07) is 13.1. The Balaban J connectivity index is 1.93. The van der Waals surface area contributed by atoms with Gasteiger partial charge in [-0.3, -0.25) is 14.3 Å². The lowest BCUT2D eigenvalue weighted by Gasteiger charge is -2.28. The summed E-state index contributed by atoms with van der Waals surface area (Å²) < 4.78 is 11.8. The van der Waals surface area contributed by atoms with Gasteiger partial charge in [-0.25, -0.2) is 0 Å². The van der Waals surface area contributed by atoms with E-state index in [-0.39, 0.29) is 11.8 Å². The number of carboxylic acids is 1. The van der Waals surface area contributed by atoms with Crippen LogP contribution in [-0.2, 0) is 15.6 Å². The van der Waals surface area contributed by atoms with Crippen molar-refractivity contribution in [2.75, 3.05) is 11.5 Å². The molecule has 2 aromatic carbocycles. The Morgan fingerprint density at radius 2 is 1.90 bits per heavy atom. The van der Waals surface area contributed by atoms with Gasteiger partial charge in [-0.2, -0.15) is 0 Å². The molecule has 20 heavy (non-hydrogen) atoms. The fourth-order valence-electron chi connectivity index (χ4n) is 2.54. The Bertz CT molecular complexity index is 686. The van der Waals surface area contributed by atoms with Gasteiger partial charge >= 0.3 is 5.97 Å². The van der Waals surface area contributed by atoms with Crippen LogP contribution in [0, 0.1) is 0 Å². The maximum Gasteiger partial charge on any atom is 0.321 e. The van der Waals surface area contributed by atoms with Gasteiger partial charge in [-0.1, -0.05) is 36.4 Å². The summed E-state index contributed by atoms with van der Waals surface area (Å²) in [6.45, 7) is 0. The zero-order valence-corrected chi connectivity index (χ0v) is 11.6. The topological polar surface area (TPSA) is 66.4 Å². The molecule has 0 saturated carbocycles. The maximum absolute atomic E-state index is 11.8. The van der Waals surface area contributed by atoms with Crippen molar-refractivity contribution in [3.63, 3.8) is 0 Å². The van der Waals surface area contributed by atoms with E-state index in [9.17, 15) is 9.00 Å². The lowest BCUT2D eigenvalue weighted by molar-refractivity contribution is -0.139. The number of aliphatic carboxylic acids is 1. The first-order valence-corrected chi connectivity index (χ1v) is 7.95. The fraction of sp³-hybridized carbons (Fsp3) is 0.267. The first-order chi connectivity index (χ1) is 9.63. The molecule has 1 aliphatic rings. The van der Waals surface area contributed by atoms with Crippen molar-refractivity contribution in [3.05, 3.63) is 48.0 Å². The highest BCUT2D eigenvalue weighted by Gasteiger charge is 2.31. The quantitative estimate of drug-likeness (QED) is 0.883. The minimum Gasteiger partial charge on any atom is -0.480 e. The van der Waals surface area contributed by atoms with Gasteiger partial charge in [0.2, 0.25) is 0 Å². The van der Waals surface area contributed by atoms with Crippen LogP contribution in [0.1, 0.15) is 11.6 Å². The van der Waals surface area contributed by atoms with Gasteiger partial charge in [0, 0.05) is 28.3 Å². The van der Waals surface area contributed by atoms with Crippen molar-refractivity contribution in [1.29, 1.82) is 0 Å². The Morgan fingerprint density at radius 3 is 2.65 bits per heavy atom. The second-order valence-electron chi connectivity index (χ2n) is 4.99. The Labute approximate surface area is 119 Å². The van der Waals surface area contributed by atoms with Gasteiger partial charge in [0.1, 0.15) is 6.04 Å². The van der Waals surface area contributed by atoms with Crippen LogP contribution < -0.4 is 5.32 Å². The molecule has 1 saturated heterocycles. The third-order valence-corrected chi connectivity index (χ3v) is 4.99. The molecule has 3 rings (SSSR count). The van der Waals surface area contributed by atoms with Crippen LogP contribution in [0.3, 0.4) is 0 Å². The van der Waals surface area contributed by atoms with Gasteiger partial charge < -0.3 is 5.11 Å². The van der Waals surface area contributed by atoms with Crippen LogP contribution in [0.4, 0.5) is 0 Å². The van der Waals surface area contributed by atoms with Crippen molar-refractivity contribution >= 4 is 27.5 Å². The standard InChI is InChI=1S/C15H15NO3S/c17-15(18)14-9-20(19)8-13(16-14)12-6-5-10-3-1-2-4-11(10)7-12/h1-7,13-14,16H,8-9H2,(H,17,18). The van der Waals surface area contributed by atoms with Crippen LogP contribution in [0.2, 0.25) is 0 Å². The van der Waals surface area contributed by atoms with E-state index in [1.54, 1.807) is 0 Å². The van der Waals surface area contributed by atoms with Gasteiger partial charge in [-0.15, -0.1) is 0 Å². The molecule has 5 heteroatoms. The number of nitrogens with one attached hydrogen (secondary N) is 1. The fourth-order valence-corrected chi connectivity index (χ4v) is 3.95. The molecule has 3 unspecified atom stereocenters. The molecule has 1 fully saturated rings. The lowest BCUT2D eigenvalue weighted by Crippen LogP contribution is -2.49. The minimum atomic E-state index is -1.10. The van der Waals surface area contributed by atoms with Crippen molar-refractivity contribution in [2.24, 2.45) is 0 Å². The molecule has 104 valence electrons. The number of benzene rings is 2. The van der Waals surface area contributed by atoms with Crippen LogP contribution in [-0.4, -0.2) is 32.8 Å². The molecule has 0 amide bonds. The van der Waals surface area contributed by atoms with E-state index in [1.807, 2.05) is 42.5 Å². The summed E-state index contributed by atoms with van der Waals surface area (Å²) in [5.74, 6) is -0.300. The Hall–Kier alpha value is -1.72. The molecule has 2 aromatic rings. The third kappa shape index (κ3) is 2.59. The molecule has 2 N–H and O–H groups in total. The predicted octanol–water partition coefficient (Wildman–Crippen LogP) is 1.69. The molecule has 1 heterocycles. The monoisotopic (exact) mass is 289 g/mol. The largest absolute Gasteiger partial charge is 0.480 e. The van der Waals surface area contributed by atoms with E-state index in [0.29, 0.717) is 5.75 Å². The van der Waals surface area contributed by atoms with E-state index in [1.165, 1.54) is 0 Å². The first kappa shape index (κ1) is 13.3. The number of hydrogen-bond donors (Lipinski definition) is 2. The number of rotatable bonds is 2. The van der Waals surface area contributed by atoms with Crippen molar-refractivity contribution in [2.45, 2.75) is 12.1 Å². The van der Waals surface area contributed by atoms with E-state index in [4.69, 9.17) is 5.11 Å². The van der Waals surface area contributed by atoms with Crippen LogP contribution in [0.15, 0.2) is 42.5 Å². The average Bonchev–Trinajstić information content (AvgIpc) is 2.46. The Kier molecular flexibility index (Phi) is 3.54. The summed E-state index contributed by atoms with van der Waals surface area (Å²) in [6.07, 6.45) is 0. The van der Waals surface area contributed by atoms with Gasteiger partial charge in [-0.05, 0) is 22.4 Å². The molecular weight excluding hydrogens is 274 g/mol. The smallest absolute Gasteiger partial charge is 0.321 e. The van der Waals surface area contributed by atoms with E-state index in [2.05, 4.69) is 5.32 Å². The molecule has 0 radical (unpaired) electrons. The van der Waals surface area contributed by atoms with Crippen LogP contribution >= 0.6 is 0 Å². The molecule has 0 aliphatic carbocycles. The van der Waals surface area contributed by atoms with Gasteiger partial charge in [0.15, 0.2) is 0 Å². The number of fused-ring (bicyclic) bond motifs is 1. The van der Waals surface area contributed by atoms with E-state index < -0.39 is 22.8 Å². The normalized spacial score (nSPS) is 26.5. The average molecular weight is 289 g/mol. The third-order valence-electron chi connectivity index (χ3n) is 3.58. The van der Waals surface area contributed by atoms with Crippen LogP contribution in [0.5, 0.6) is 0 Å². The SMILES string of the molecule is O=C(O)C1CS(=O)CC(c2ccc3ccccc3c2)N1. The molecule has 0 spiro atoms. The number of carboxylic acid groups (broad SMARTS) is 1. The second kappa shape index (κ2) is 5.34. The molecular formula is C15H15NO3S. The van der Waals surface area contributed by atoms with Gasteiger partial charge in [0.05, 0.1) is 0 Å². The highest BCUT2D eigenvalue weighted by Crippen LogP contribution is 2.23. The highest BCUT2D eigenvalue weighted by molar-refractivity contribution is 7.85. The van der Waals surface area contributed by atoms with Crippen molar-refractivity contribution < 1.29 is 14.1 Å². The number of hydrogen-bond acceptors (Lipinski definition) is 3. The highest BCUT2D eigenvalue weighted by atomic mass is 32.2. The molecule has 3 atom stereocenters. The lowest BCUT2D eigenvalue weighted by atomic mass is 10.0. The molecule has 0 bridgehead atoms. The first-order valence-electron chi connectivity index (χ1n) is 6.46. The number of carbonyl (C=O) groups is 1. The Morgan fingerprint density at radius 1 is 1.15 bits per heavy atom. The molecule has 0 aromatic heterocycles.